The van der Waals surface area contributed by atoms with Gasteiger partial charge in [0.15, 0.2) is 0 Å². The molecule has 0 unspecified atom stereocenters. The van der Waals surface area contributed by atoms with Crippen LogP contribution in [0.25, 0.3) is 0 Å². The number of aryl methyl sites for hydroxylation is 2. The third-order valence-electron chi connectivity index (χ3n) is 3.24. The summed E-state index contributed by atoms with van der Waals surface area (Å²) in [5, 5.41) is 2.91. The highest BCUT2D eigenvalue weighted by Crippen LogP contribution is 2.15. The van der Waals surface area contributed by atoms with E-state index in [0.717, 1.165) is 23.3 Å². The van der Waals surface area contributed by atoms with E-state index in [2.05, 4.69) is 5.32 Å². The lowest BCUT2D eigenvalue weighted by molar-refractivity contribution is 0.0952. The van der Waals surface area contributed by atoms with E-state index >= 15 is 0 Å². The smallest absolute Gasteiger partial charge is 0.255 e. The van der Waals surface area contributed by atoms with Crippen LogP contribution in [0.4, 0.5) is 0 Å². The largest absolute Gasteiger partial charge is 0.497 e. The van der Waals surface area contributed by atoms with Crippen LogP contribution in [-0.2, 0) is 6.42 Å². The van der Waals surface area contributed by atoms with E-state index in [1.165, 1.54) is 0 Å². The Bertz CT molecular complexity index is 565. The van der Waals surface area contributed by atoms with Gasteiger partial charge in [0.05, 0.1) is 18.9 Å². The van der Waals surface area contributed by atoms with Gasteiger partial charge >= 0.3 is 0 Å². The summed E-state index contributed by atoms with van der Waals surface area (Å²) in [4.78, 5) is 12.0. The van der Waals surface area contributed by atoms with Crippen molar-refractivity contribution < 1.29 is 13.9 Å². The molecule has 0 atom stereocenters. The third kappa shape index (κ3) is 3.20. The first kappa shape index (κ1) is 14.2. The number of rotatable bonds is 5. The van der Waals surface area contributed by atoms with Crippen molar-refractivity contribution in [3.63, 3.8) is 0 Å². The van der Waals surface area contributed by atoms with E-state index in [1.807, 2.05) is 31.2 Å². The predicted molar refractivity (Wildman–Crippen MR) is 77.2 cm³/mol. The maximum absolute atomic E-state index is 12.0. The maximum Gasteiger partial charge on any atom is 0.255 e. The second-order valence-electron chi connectivity index (χ2n) is 4.70. The molecule has 4 heteroatoms. The van der Waals surface area contributed by atoms with Crippen molar-refractivity contribution in [3.05, 3.63) is 53.0 Å². The number of carbonyl (C=O) groups excluding carboxylic acids is 1. The molecule has 1 heterocycles. The van der Waals surface area contributed by atoms with Crippen molar-refractivity contribution in [2.75, 3.05) is 13.7 Å². The normalized spacial score (nSPS) is 10.3. The lowest BCUT2D eigenvalue weighted by Gasteiger charge is -2.06. The summed E-state index contributed by atoms with van der Waals surface area (Å²) in [5.74, 6) is 1.41. The standard InChI is InChI=1S/C16H19NO3/c1-11-10-20-12(2)15(11)16(18)17-9-8-13-4-6-14(19-3)7-5-13/h4-7,10H,8-9H2,1-3H3,(H,17,18). The first-order chi connectivity index (χ1) is 9.61. The van der Waals surface area contributed by atoms with E-state index in [1.54, 1.807) is 20.3 Å². The van der Waals surface area contributed by atoms with Gasteiger partial charge in [-0.05, 0) is 38.0 Å². The van der Waals surface area contributed by atoms with Crippen molar-refractivity contribution in [1.82, 2.24) is 5.32 Å². The van der Waals surface area contributed by atoms with Crippen molar-refractivity contribution in [2.45, 2.75) is 20.3 Å². The number of amides is 1. The fourth-order valence-electron chi connectivity index (χ4n) is 2.11. The van der Waals surface area contributed by atoms with Gasteiger partial charge in [-0.15, -0.1) is 0 Å². The van der Waals surface area contributed by atoms with Crippen LogP contribution in [0, 0.1) is 13.8 Å². The Labute approximate surface area is 118 Å². The summed E-state index contributed by atoms with van der Waals surface area (Å²) in [6.45, 7) is 4.26. The topological polar surface area (TPSA) is 51.5 Å². The van der Waals surface area contributed by atoms with Gasteiger partial charge in [0.1, 0.15) is 11.5 Å². The van der Waals surface area contributed by atoms with Crippen molar-refractivity contribution in [2.24, 2.45) is 0 Å². The monoisotopic (exact) mass is 273 g/mol. The number of hydrogen-bond donors (Lipinski definition) is 1. The first-order valence-corrected chi connectivity index (χ1v) is 6.57. The Morgan fingerprint density at radius 2 is 1.95 bits per heavy atom. The van der Waals surface area contributed by atoms with E-state index in [-0.39, 0.29) is 5.91 Å². The van der Waals surface area contributed by atoms with Gasteiger partial charge in [0.2, 0.25) is 0 Å². The molecular formula is C16H19NO3. The summed E-state index contributed by atoms with van der Waals surface area (Å²) in [5.41, 5.74) is 2.66. The lowest BCUT2D eigenvalue weighted by Crippen LogP contribution is -2.26. The van der Waals surface area contributed by atoms with Gasteiger partial charge in [0, 0.05) is 12.1 Å². The van der Waals surface area contributed by atoms with E-state index in [4.69, 9.17) is 9.15 Å². The number of hydrogen-bond acceptors (Lipinski definition) is 3. The number of ether oxygens (including phenoxy) is 1. The fourth-order valence-corrected chi connectivity index (χ4v) is 2.11. The Morgan fingerprint density at radius 1 is 1.25 bits per heavy atom. The molecule has 0 saturated heterocycles. The molecule has 0 spiro atoms. The number of carbonyl (C=O) groups is 1. The van der Waals surface area contributed by atoms with Crippen LogP contribution in [-0.4, -0.2) is 19.6 Å². The second-order valence-corrected chi connectivity index (χ2v) is 4.70. The zero-order valence-electron chi connectivity index (χ0n) is 12.0. The van der Waals surface area contributed by atoms with Gasteiger partial charge in [-0.2, -0.15) is 0 Å². The van der Waals surface area contributed by atoms with Crippen LogP contribution in [0.2, 0.25) is 0 Å². The molecule has 2 rings (SSSR count). The van der Waals surface area contributed by atoms with Gasteiger partial charge in [-0.25, -0.2) is 0 Å². The molecule has 20 heavy (non-hydrogen) atoms. The molecule has 0 fully saturated rings. The first-order valence-electron chi connectivity index (χ1n) is 6.57. The van der Waals surface area contributed by atoms with Crippen LogP contribution in [0.1, 0.15) is 27.2 Å². The molecule has 2 aromatic rings. The molecule has 0 bridgehead atoms. The molecule has 1 amide bonds. The van der Waals surface area contributed by atoms with Crippen LogP contribution in [0.5, 0.6) is 5.75 Å². The molecule has 1 aromatic carbocycles. The minimum atomic E-state index is -0.0812. The highest BCUT2D eigenvalue weighted by atomic mass is 16.5. The Kier molecular flexibility index (Phi) is 4.45. The average Bonchev–Trinajstić information content (AvgIpc) is 2.79. The highest BCUT2D eigenvalue weighted by Gasteiger charge is 2.14. The van der Waals surface area contributed by atoms with Crippen LogP contribution in [0.15, 0.2) is 34.9 Å². The van der Waals surface area contributed by atoms with E-state index in [0.29, 0.717) is 17.9 Å². The van der Waals surface area contributed by atoms with Crippen LogP contribution >= 0.6 is 0 Å². The molecule has 4 nitrogen and oxygen atoms in total. The molecule has 0 radical (unpaired) electrons. The van der Waals surface area contributed by atoms with Gasteiger partial charge in [-0.3, -0.25) is 4.79 Å². The molecule has 0 saturated carbocycles. The fraction of sp³-hybridized carbons (Fsp3) is 0.312. The number of methoxy groups -OCH3 is 1. The van der Waals surface area contributed by atoms with Crippen molar-refractivity contribution in [1.29, 1.82) is 0 Å². The predicted octanol–water partition coefficient (Wildman–Crippen LogP) is 2.88. The zero-order chi connectivity index (χ0) is 14.5. The zero-order valence-corrected chi connectivity index (χ0v) is 12.0. The van der Waals surface area contributed by atoms with Crippen LogP contribution in [0.3, 0.4) is 0 Å². The summed E-state index contributed by atoms with van der Waals surface area (Å²) < 4.78 is 10.3. The summed E-state index contributed by atoms with van der Waals surface area (Å²) in [7, 11) is 1.64. The molecule has 0 aliphatic carbocycles. The average molecular weight is 273 g/mol. The van der Waals surface area contributed by atoms with Crippen LogP contribution < -0.4 is 10.1 Å². The van der Waals surface area contributed by atoms with E-state index in [9.17, 15) is 4.79 Å². The molecule has 1 N–H and O–H groups in total. The lowest BCUT2D eigenvalue weighted by atomic mass is 10.1. The molecular weight excluding hydrogens is 254 g/mol. The quantitative estimate of drug-likeness (QED) is 0.911. The van der Waals surface area contributed by atoms with E-state index < -0.39 is 0 Å². The maximum atomic E-state index is 12.0. The minimum Gasteiger partial charge on any atom is -0.497 e. The molecule has 106 valence electrons. The Morgan fingerprint density at radius 3 is 2.50 bits per heavy atom. The number of benzene rings is 1. The summed E-state index contributed by atoms with van der Waals surface area (Å²) >= 11 is 0. The molecule has 0 aliphatic rings. The van der Waals surface area contributed by atoms with Gasteiger partial charge < -0.3 is 14.5 Å². The van der Waals surface area contributed by atoms with Gasteiger partial charge in [-0.1, -0.05) is 12.1 Å². The number of furan rings is 1. The highest BCUT2D eigenvalue weighted by molar-refractivity contribution is 5.96. The minimum absolute atomic E-state index is 0.0812. The van der Waals surface area contributed by atoms with Crippen molar-refractivity contribution in [3.8, 4) is 5.75 Å². The third-order valence-corrected chi connectivity index (χ3v) is 3.24. The second kappa shape index (κ2) is 6.28. The van der Waals surface area contributed by atoms with Crippen molar-refractivity contribution >= 4 is 5.91 Å². The summed E-state index contributed by atoms with van der Waals surface area (Å²) in [6.07, 6.45) is 2.39. The van der Waals surface area contributed by atoms with Gasteiger partial charge in [0.25, 0.3) is 5.91 Å². The molecule has 1 aromatic heterocycles. The molecule has 0 aliphatic heterocycles. The number of nitrogens with one attached hydrogen (secondary N) is 1. The Hall–Kier alpha value is -2.23. The SMILES string of the molecule is COc1ccc(CCNC(=O)c2c(C)coc2C)cc1. The Balaban J connectivity index is 1.88. The summed E-state index contributed by atoms with van der Waals surface area (Å²) in [6, 6.07) is 7.84.